The molecule has 0 N–H and O–H groups in total. The van der Waals surface area contributed by atoms with Crippen LogP contribution in [0.2, 0.25) is 0 Å². The van der Waals surface area contributed by atoms with Crippen LogP contribution in [0.15, 0.2) is 95.7 Å². The average Bonchev–Trinajstić information content (AvgIpc) is 4.02. The fourth-order valence-electron chi connectivity index (χ4n) is 12.2. The molecule has 66 heavy (non-hydrogen) atoms. The van der Waals surface area contributed by atoms with Crippen molar-refractivity contribution in [2.45, 2.75) is 139 Å². The Morgan fingerprint density at radius 1 is 0.727 bits per heavy atom. The van der Waals surface area contributed by atoms with Gasteiger partial charge in [-0.15, -0.1) is 0 Å². The molecular formula is C61H71N3O2. The Morgan fingerprint density at radius 2 is 1.53 bits per heavy atom. The van der Waals surface area contributed by atoms with Crippen molar-refractivity contribution in [3.05, 3.63) is 125 Å². The Kier molecular flexibility index (Phi) is 8.35. The summed E-state index contributed by atoms with van der Waals surface area (Å²) in [6.45, 7) is 2.73. The highest BCUT2D eigenvalue weighted by atomic mass is 16.5. The zero-order valence-corrected chi connectivity index (χ0v) is 39.3. The summed E-state index contributed by atoms with van der Waals surface area (Å²) in [5.74, 6) is -0.341. The number of pyridine rings is 3. The first-order valence-corrected chi connectivity index (χ1v) is 24.1. The highest BCUT2D eigenvalue weighted by molar-refractivity contribution is 6.09. The normalized spacial score (nSPS) is 28.9. The first-order chi connectivity index (χ1) is 36.8. The molecule has 7 aromatic rings. The highest BCUT2D eigenvalue weighted by Gasteiger charge is 2.46. The number of nitrogens with zero attached hydrogens (tertiary/aromatic N) is 3. The lowest BCUT2D eigenvalue weighted by Gasteiger charge is -2.52. The van der Waals surface area contributed by atoms with Gasteiger partial charge < -0.3 is 9.15 Å². The lowest BCUT2D eigenvalue weighted by molar-refractivity contribution is -0.00567. The van der Waals surface area contributed by atoms with Crippen molar-refractivity contribution in [2.75, 3.05) is 0 Å². The predicted octanol–water partition coefficient (Wildman–Crippen LogP) is 17.3. The maximum absolute atomic E-state index is 9.63. The van der Waals surface area contributed by atoms with E-state index in [1.54, 1.807) is 42.5 Å². The van der Waals surface area contributed by atoms with Gasteiger partial charge in [-0.2, -0.15) is 0 Å². The molecule has 3 aliphatic rings. The van der Waals surface area contributed by atoms with Crippen molar-refractivity contribution >= 4 is 22.1 Å². The smallest absolute Gasteiger partial charge is 0.227 e. The first kappa shape index (κ1) is 31.6. The number of furan rings is 1. The van der Waals surface area contributed by atoms with Crippen molar-refractivity contribution in [1.82, 2.24) is 15.0 Å². The van der Waals surface area contributed by atoms with Crippen molar-refractivity contribution in [3.8, 4) is 45.1 Å². The van der Waals surface area contributed by atoms with Crippen molar-refractivity contribution in [2.24, 2.45) is 40.4 Å². The topological polar surface area (TPSA) is 61.0 Å². The third-order valence-corrected chi connectivity index (χ3v) is 16.1. The van der Waals surface area contributed by atoms with Crippen LogP contribution >= 0.6 is 0 Å². The van der Waals surface area contributed by atoms with E-state index < -0.39 is 50.3 Å². The van der Waals surface area contributed by atoms with Gasteiger partial charge in [-0.25, -0.2) is 4.98 Å². The lowest BCUT2D eigenvalue weighted by atomic mass is 9.53. The van der Waals surface area contributed by atoms with Gasteiger partial charge >= 0.3 is 0 Å². The second-order valence-electron chi connectivity index (χ2n) is 21.2. The van der Waals surface area contributed by atoms with Crippen LogP contribution in [0.3, 0.4) is 0 Å². The zero-order chi connectivity index (χ0) is 57.0. The maximum Gasteiger partial charge on any atom is 0.227 e. The van der Waals surface area contributed by atoms with E-state index in [9.17, 15) is 1.37 Å². The van der Waals surface area contributed by atoms with Crippen LogP contribution in [-0.2, 0) is 0 Å². The Hall–Kier alpha value is -5.29. The molecule has 0 radical (unpaired) electrons. The molecule has 0 aliphatic heterocycles. The summed E-state index contributed by atoms with van der Waals surface area (Å²) in [7, 11) is 0. The third-order valence-electron chi connectivity index (χ3n) is 16.1. The minimum atomic E-state index is -2.81. The summed E-state index contributed by atoms with van der Waals surface area (Å²) < 4.78 is 126. The summed E-state index contributed by atoms with van der Waals surface area (Å²) in [5.41, 5.74) is 5.39. The second kappa shape index (κ2) is 17.4. The van der Waals surface area contributed by atoms with Gasteiger partial charge in [0.25, 0.3) is 0 Å². The van der Waals surface area contributed by atoms with Crippen molar-refractivity contribution in [3.63, 3.8) is 0 Å². The summed E-state index contributed by atoms with van der Waals surface area (Å²) >= 11 is 0. The molecule has 0 saturated heterocycles. The average molecular weight is 891 g/mol. The van der Waals surface area contributed by atoms with Crippen LogP contribution in [0.1, 0.15) is 156 Å². The molecule has 0 amide bonds. The minimum absolute atomic E-state index is 0.0268. The number of ether oxygens (including phenoxy) is 1. The number of benzene rings is 3. The van der Waals surface area contributed by atoms with Crippen molar-refractivity contribution in [1.29, 1.82) is 0 Å². The Balaban J connectivity index is 1.04. The molecule has 342 valence electrons. The Labute approximate surface area is 412 Å². The summed E-state index contributed by atoms with van der Waals surface area (Å²) in [6.07, 6.45) is 11.5. The quantitative estimate of drug-likeness (QED) is 0.152. The van der Waals surface area contributed by atoms with Crippen molar-refractivity contribution < 1.29 is 27.0 Å². The summed E-state index contributed by atoms with van der Waals surface area (Å²) in [6, 6.07) is 22.8. The van der Waals surface area contributed by atoms with Gasteiger partial charge in [-0.1, -0.05) is 64.9 Å². The number of hydrogen-bond acceptors (Lipinski definition) is 5. The molecule has 4 aromatic heterocycles. The molecule has 0 bridgehead atoms. The molecule has 3 aliphatic carbocycles. The molecule has 3 aromatic carbocycles. The van der Waals surface area contributed by atoms with E-state index in [0.29, 0.717) is 50.9 Å². The maximum atomic E-state index is 9.63. The minimum Gasteiger partial charge on any atom is -0.457 e. The Bertz CT molecular complexity index is 3420. The molecule has 6 atom stereocenters. The van der Waals surface area contributed by atoms with E-state index in [2.05, 4.69) is 45.7 Å². The predicted molar refractivity (Wildman–Crippen MR) is 273 cm³/mol. The molecule has 3 fully saturated rings. The molecule has 6 unspecified atom stereocenters. The molecule has 0 spiro atoms. The number of aromatic nitrogens is 3. The van der Waals surface area contributed by atoms with Gasteiger partial charge in [0.1, 0.15) is 17.1 Å². The van der Waals surface area contributed by atoms with Gasteiger partial charge in [-0.3, -0.25) is 9.97 Å². The zero-order valence-electron chi connectivity index (χ0n) is 52.3. The fraction of sp³-hybridized carbons (Fsp3) is 0.459. The standard InChI is InChI=1S/C61H71N3O2/c1-36-27-55(62-34-39(36)4)46-28-51(44-14-12-11-13-15-44)42(7)57(29-46)65-47-30-52-49-18-16-41(6)64-59(49)66-58(52)53(31-47)56-32-50(40(5)35-63-56)48-22-25-61(10,33-38(48)3)54-19-17-45(26-37(54)2)43-20-23-60(8,9)24-21-43/h11-16,18,27-32,34-35,37-38,43,45,48,54H,17,19-26,33H2,1-10H3/i1D3,2D3,4D3,7D3,43D. The van der Waals surface area contributed by atoms with E-state index in [1.807, 2.05) is 31.3 Å². The number of hydrogen-bond donors (Lipinski definition) is 0. The number of aryl methyl sites for hydroxylation is 4. The number of fused-ring (bicyclic) bond motifs is 3. The van der Waals surface area contributed by atoms with Crippen LogP contribution < -0.4 is 4.74 Å². The molecule has 5 nitrogen and oxygen atoms in total. The lowest BCUT2D eigenvalue weighted by Crippen LogP contribution is -2.42. The monoisotopic (exact) mass is 891 g/mol. The summed E-state index contributed by atoms with van der Waals surface area (Å²) in [5, 5.41) is 1.36. The third kappa shape index (κ3) is 8.50. The Morgan fingerprint density at radius 3 is 2.30 bits per heavy atom. The molecule has 3 saturated carbocycles. The van der Waals surface area contributed by atoms with Gasteiger partial charge in [0.05, 0.1) is 11.4 Å². The van der Waals surface area contributed by atoms with E-state index >= 15 is 0 Å². The molecule has 4 heterocycles. The molecular weight excluding hydrogens is 807 g/mol. The van der Waals surface area contributed by atoms with Crippen LogP contribution in [0.4, 0.5) is 0 Å². The number of rotatable bonds is 8. The largest absolute Gasteiger partial charge is 0.457 e. The second-order valence-corrected chi connectivity index (χ2v) is 21.2. The van der Waals surface area contributed by atoms with E-state index in [4.69, 9.17) is 35.6 Å². The molecule has 10 rings (SSSR count). The van der Waals surface area contributed by atoms with Crippen LogP contribution in [0.25, 0.3) is 55.7 Å². The highest BCUT2D eigenvalue weighted by Crippen LogP contribution is 2.57. The summed E-state index contributed by atoms with van der Waals surface area (Å²) in [4.78, 5) is 14.2. The van der Waals surface area contributed by atoms with Crippen LogP contribution in [-0.4, -0.2) is 15.0 Å². The van der Waals surface area contributed by atoms with Crippen LogP contribution in [0, 0.1) is 74.8 Å². The van der Waals surface area contributed by atoms with E-state index in [1.165, 1.54) is 12.1 Å². The van der Waals surface area contributed by atoms with Crippen LogP contribution in [0.5, 0.6) is 11.5 Å². The molecule has 5 heteroatoms. The van der Waals surface area contributed by atoms with E-state index in [0.717, 1.165) is 80.8 Å². The SMILES string of the molecule is [2H]C([2H])([2H])c1cnc(-c2cc(Oc3cc(-c4cc(C5CCC(C)(C6CCC(C7([2H])CCC(C)(C)CC7)CC6C([2H])([2H])[2H])CC5C)c(C)cn4)c4oc5nc(C)ccc5c4c3)c(C([2H])([2H])[2H])c(-c3ccccc3)c2)cc1C([2H])([2H])[2H]. The van der Waals surface area contributed by atoms with Gasteiger partial charge in [0, 0.05) is 57.8 Å². The van der Waals surface area contributed by atoms with E-state index in [-0.39, 0.29) is 62.8 Å². The van der Waals surface area contributed by atoms with Gasteiger partial charge in [0.2, 0.25) is 5.71 Å². The fourth-order valence-corrected chi connectivity index (χ4v) is 12.2. The van der Waals surface area contributed by atoms with Gasteiger partial charge in [0.15, 0.2) is 0 Å². The first-order valence-electron chi connectivity index (χ1n) is 30.6. The van der Waals surface area contributed by atoms with Gasteiger partial charge in [-0.05, 0) is 232 Å².